The smallest absolute Gasteiger partial charge is 0.379 e. The van der Waals surface area contributed by atoms with Crippen LogP contribution in [-0.2, 0) is 10.9 Å². The summed E-state index contributed by atoms with van der Waals surface area (Å²) in [4.78, 5) is 12.0. The van der Waals surface area contributed by atoms with Crippen LogP contribution in [0.15, 0.2) is 12.3 Å². The van der Waals surface area contributed by atoms with E-state index < -0.39 is 11.9 Å². The van der Waals surface area contributed by atoms with Crippen molar-refractivity contribution in [2.75, 3.05) is 50.8 Å². The highest BCUT2D eigenvalue weighted by Crippen LogP contribution is 2.29. The largest absolute Gasteiger partial charge is 0.433 e. The van der Waals surface area contributed by atoms with Crippen molar-refractivity contribution in [1.29, 1.82) is 0 Å². The molecular formula is C15H21F3N4O. The lowest BCUT2D eigenvalue weighted by molar-refractivity contribution is -0.141. The van der Waals surface area contributed by atoms with Crippen LogP contribution in [0.1, 0.15) is 18.5 Å². The second-order valence-corrected chi connectivity index (χ2v) is 6.11. The molecule has 0 aliphatic carbocycles. The van der Waals surface area contributed by atoms with Crippen molar-refractivity contribution in [1.82, 2.24) is 14.9 Å². The zero-order valence-electron chi connectivity index (χ0n) is 12.9. The minimum Gasteiger partial charge on any atom is -0.379 e. The highest BCUT2D eigenvalue weighted by Gasteiger charge is 2.33. The number of rotatable bonds is 3. The molecule has 0 bridgehead atoms. The van der Waals surface area contributed by atoms with Gasteiger partial charge in [-0.3, -0.25) is 4.90 Å². The lowest BCUT2D eigenvalue weighted by Crippen LogP contribution is -2.45. The summed E-state index contributed by atoms with van der Waals surface area (Å²) in [5, 5.41) is 0. The number of ether oxygens (including phenoxy) is 1. The molecule has 1 aromatic rings. The molecule has 0 N–H and O–H groups in total. The van der Waals surface area contributed by atoms with E-state index in [1.54, 1.807) is 0 Å². The third-order valence-electron chi connectivity index (χ3n) is 4.36. The first kappa shape index (κ1) is 16.4. The van der Waals surface area contributed by atoms with Crippen LogP contribution in [0.5, 0.6) is 0 Å². The van der Waals surface area contributed by atoms with Gasteiger partial charge < -0.3 is 9.64 Å². The van der Waals surface area contributed by atoms with E-state index in [0.717, 1.165) is 51.8 Å². The van der Waals surface area contributed by atoms with E-state index in [9.17, 15) is 13.2 Å². The summed E-state index contributed by atoms with van der Waals surface area (Å²) in [6.45, 7) is 5.74. The highest BCUT2D eigenvalue weighted by atomic mass is 19.4. The maximum atomic E-state index is 12.8. The lowest BCUT2D eigenvalue weighted by atomic mass is 9.97. The third kappa shape index (κ3) is 4.32. The van der Waals surface area contributed by atoms with E-state index in [1.807, 2.05) is 4.90 Å². The summed E-state index contributed by atoms with van der Waals surface area (Å²) in [5.41, 5.74) is -0.877. The minimum atomic E-state index is -4.43. The van der Waals surface area contributed by atoms with E-state index in [1.165, 1.54) is 6.20 Å². The van der Waals surface area contributed by atoms with Gasteiger partial charge in [-0.2, -0.15) is 13.2 Å². The second-order valence-electron chi connectivity index (χ2n) is 6.11. The molecule has 2 aliphatic heterocycles. The van der Waals surface area contributed by atoms with Gasteiger partial charge in [0, 0.05) is 38.9 Å². The number of morpholine rings is 1. The molecule has 128 valence electrons. The Bertz CT molecular complexity index is 520. The SMILES string of the molecule is FC(F)(F)c1ccnc(N2CCC[C@@H](CN3CCOCC3)C2)n1. The first-order valence-electron chi connectivity index (χ1n) is 7.97. The average molecular weight is 330 g/mol. The Morgan fingerprint density at radius 1 is 1.22 bits per heavy atom. The van der Waals surface area contributed by atoms with Gasteiger partial charge in [-0.25, -0.2) is 9.97 Å². The van der Waals surface area contributed by atoms with Gasteiger partial charge in [0.15, 0.2) is 0 Å². The van der Waals surface area contributed by atoms with E-state index >= 15 is 0 Å². The Balaban J connectivity index is 1.64. The zero-order valence-corrected chi connectivity index (χ0v) is 12.9. The first-order valence-corrected chi connectivity index (χ1v) is 7.97. The Hall–Kier alpha value is -1.41. The van der Waals surface area contributed by atoms with Gasteiger partial charge in [-0.1, -0.05) is 0 Å². The monoisotopic (exact) mass is 330 g/mol. The Labute approximate surface area is 133 Å². The standard InChI is InChI=1S/C15H21F3N4O/c16-15(17,18)13-3-4-19-14(20-13)22-5-1-2-12(11-22)10-21-6-8-23-9-7-21/h3-4,12H,1-2,5-11H2/t12-/m0/s1. The minimum absolute atomic E-state index is 0.187. The molecule has 2 fully saturated rings. The number of hydrogen-bond acceptors (Lipinski definition) is 5. The van der Waals surface area contributed by atoms with Crippen LogP contribution >= 0.6 is 0 Å². The number of alkyl halides is 3. The Morgan fingerprint density at radius 2 is 2.00 bits per heavy atom. The van der Waals surface area contributed by atoms with Crippen LogP contribution in [0.2, 0.25) is 0 Å². The van der Waals surface area contributed by atoms with Crippen molar-refractivity contribution in [3.8, 4) is 0 Å². The van der Waals surface area contributed by atoms with Crippen molar-refractivity contribution in [3.05, 3.63) is 18.0 Å². The molecule has 1 aromatic heterocycles. The summed E-state index contributed by atoms with van der Waals surface area (Å²) in [7, 11) is 0. The Kier molecular flexibility index (Phi) is 5.01. The third-order valence-corrected chi connectivity index (χ3v) is 4.36. The number of aromatic nitrogens is 2. The molecule has 8 heteroatoms. The fourth-order valence-corrected chi connectivity index (χ4v) is 3.20. The van der Waals surface area contributed by atoms with Crippen LogP contribution < -0.4 is 4.90 Å². The number of piperidine rings is 1. The predicted molar refractivity (Wildman–Crippen MR) is 79.2 cm³/mol. The summed E-state index contributed by atoms with van der Waals surface area (Å²) in [6, 6.07) is 0.915. The number of halogens is 3. The van der Waals surface area contributed by atoms with Crippen molar-refractivity contribution in [3.63, 3.8) is 0 Å². The van der Waals surface area contributed by atoms with Crippen LogP contribution in [0.4, 0.5) is 19.1 Å². The zero-order chi connectivity index (χ0) is 16.3. The molecule has 2 aliphatic rings. The molecule has 0 amide bonds. The Morgan fingerprint density at radius 3 is 2.74 bits per heavy atom. The maximum absolute atomic E-state index is 12.8. The molecule has 0 spiro atoms. The molecule has 0 aromatic carbocycles. The van der Waals surface area contributed by atoms with Crippen molar-refractivity contribution in [2.45, 2.75) is 19.0 Å². The van der Waals surface area contributed by atoms with Gasteiger partial charge >= 0.3 is 6.18 Å². The van der Waals surface area contributed by atoms with Gasteiger partial charge in [-0.15, -0.1) is 0 Å². The quantitative estimate of drug-likeness (QED) is 0.848. The van der Waals surface area contributed by atoms with E-state index in [0.29, 0.717) is 19.0 Å². The van der Waals surface area contributed by atoms with Crippen LogP contribution in [0, 0.1) is 5.92 Å². The van der Waals surface area contributed by atoms with Crippen LogP contribution in [0.3, 0.4) is 0 Å². The second kappa shape index (κ2) is 7.00. The van der Waals surface area contributed by atoms with Gasteiger partial charge in [0.2, 0.25) is 5.95 Å². The predicted octanol–water partition coefficient (Wildman–Crippen LogP) is 2.04. The van der Waals surface area contributed by atoms with Crippen LogP contribution in [-0.4, -0.2) is 60.8 Å². The van der Waals surface area contributed by atoms with Crippen molar-refractivity contribution < 1.29 is 17.9 Å². The molecule has 3 heterocycles. The van der Waals surface area contributed by atoms with Gasteiger partial charge in [-0.05, 0) is 24.8 Å². The number of anilines is 1. The molecule has 2 saturated heterocycles. The van der Waals surface area contributed by atoms with E-state index in [4.69, 9.17) is 4.74 Å². The maximum Gasteiger partial charge on any atom is 0.433 e. The number of nitrogens with zero attached hydrogens (tertiary/aromatic N) is 4. The molecule has 0 unspecified atom stereocenters. The van der Waals surface area contributed by atoms with Gasteiger partial charge in [0.1, 0.15) is 5.69 Å². The fraction of sp³-hybridized carbons (Fsp3) is 0.733. The number of hydrogen-bond donors (Lipinski definition) is 0. The van der Waals surface area contributed by atoms with E-state index in [2.05, 4.69) is 14.9 Å². The molecule has 5 nitrogen and oxygen atoms in total. The van der Waals surface area contributed by atoms with Crippen molar-refractivity contribution >= 4 is 5.95 Å². The summed E-state index contributed by atoms with van der Waals surface area (Å²) in [5.74, 6) is 0.617. The molecule has 1 atom stereocenters. The summed E-state index contributed by atoms with van der Waals surface area (Å²) < 4.78 is 43.7. The molecule has 0 saturated carbocycles. The van der Waals surface area contributed by atoms with Gasteiger partial charge in [0.25, 0.3) is 0 Å². The molecular weight excluding hydrogens is 309 g/mol. The van der Waals surface area contributed by atoms with E-state index in [-0.39, 0.29) is 5.95 Å². The van der Waals surface area contributed by atoms with Gasteiger partial charge in [0.05, 0.1) is 13.2 Å². The summed E-state index contributed by atoms with van der Waals surface area (Å²) >= 11 is 0. The molecule has 23 heavy (non-hydrogen) atoms. The first-order chi connectivity index (χ1) is 11.0. The highest BCUT2D eigenvalue weighted by molar-refractivity contribution is 5.31. The topological polar surface area (TPSA) is 41.5 Å². The summed E-state index contributed by atoms with van der Waals surface area (Å²) in [6.07, 6.45) is -1.20. The molecule has 0 radical (unpaired) electrons. The average Bonchev–Trinajstić information content (AvgIpc) is 2.55. The van der Waals surface area contributed by atoms with Crippen LogP contribution in [0.25, 0.3) is 0 Å². The normalized spacial score (nSPS) is 24.0. The fourth-order valence-electron chi connectivity index (χ4n) is 3.20. The van der Waals surface area contributed by atoms with Crippen molar-refractivity contribution in [2.24, 2.45) is 5.92 Å². The lowest BCUT2D eigenvalue weighted by Gasteiger charge is -2.36. The molecule has 3 rings (SSSR count).